The van der Waals surface area contributed by atoms with Crippen LogP contribution in [0.25, 0.3) is 0 Å². The predicted molar refractivity (Wildman–Crippen MR) is 97.9 cm³/mol. The molecule has 2 aliphatic carbocycles. The van der Waals surface area contributed by atoms with Crippen molar-refractivity contribution in [2.75, 3.05) is 14.2 Å². The Morgan fingerprint density at radius 2 is 1.92 bits per heavy atom. The highest BCUT2D eigenvalue weighted by atomic mass is 16.5. The van der Waals surface area contributed by atoms with Gasteiger partial charge in [-0.15, -0.1) is 0 Å². The second-order valence-electron chi connectivity index (χ2n) is 8.18. The molecule has 2 amide bonds. The zero-order valence-electron chi connectivity index (χ0n) is 15.9. The van der Waals surface area contributed by atoms with E-state index in [0.29, 0.717) is 29.4 Å². The van der Waals surface area contributed by atoms with E-state index in [0.717, 1.165) is 12.0 Å². The lowest BCUT2D eigenvalue weighted by Gasteiger charge is -2.39. The number of fused-ring (bicyclic) bond motifs is 2. The monoisotopic (exact) mass is 346 g/mol. The second kappa shape index (κ2) is 6.43. The highest BCUT2D eigenvalue weighted by molar-refractivity contribution is 5.74. The first-order chi connectivity index (χ1) is 11.8. The van der Waals surface area contributed by atoms with Gasteiger partial charge in [-0.25, -0.2) is 4.79 Å². The minimum absolute atomic E-state index is 0.0932. The van der Waals surface area contributed by atoms with Gasteiger partial charge in [0.1, 0.15) is 0 Å². The molecule has 2 saturated carbocycles. The van der Waals surface area contributed by atoms with Crippen molar-refractivity contribution >= 4 is 6.03 Å². The third-order valence-corrected chi connectivity index (χ3v) is 7.00. The molecule has 1 aromatic carbocycles. The summed E-state index contributed by atoms with van der Waals surface area (Å²) < 4.78 is 10.5. The number of rotatable bonds is 5. The average Bonchev–Trinajstić information content (AvgIpc) is 2.93. The molecule has 0 saturated heterocycles. The fourth-order valence-electron chi connectivity index (χ4n) is 4.80. The van der Waals surface area contributed by atoms with Crippen molar-refractivity contribution in [3.05, 3.63) is 23.8 Å². The smallest absolute Gasteiger partial charge is 0.315 e. The van der Waals surface area contributed by atoms with Gasteiger partial charge in [0.25, 0.3) is 0 Å². The maximum Gasteiger partial charge on any atom is 0.315 e. The minimum atomic E-state index is -0.0932. The van der Waals surface area contributed by atoms with Gasteiger partial charge in [0, 0.05) is 12.6 Å². The molecular weight excluding hydrogens is 316 g/mol. The lowest BCUT2D eigenvalue weighted by Crippen LogP contribution is -2.49. The molecular formula is C20H30N2O3. The summed E-state index contributed by atoms with van der Waals surface area (Å²) in [4.78, 5) is 12.4. The molecule has 3 atom stereocenters. The number of hydrogen-bond donors (Lipinski definition) is 2. The Labute approximate surface area is 150 Å². The van der Waals surface area contributed by atoms with Gasteiger partial charge >= 0.3 is 6.03 Å². The van der Waals surface area contributed by atoms with Crippen LogP contribution < -0.4 is 20.1 Å². The normalized spacial score (nSPS) is 29.3. The van der Waals surface area contributed by atoms with Crippen LogP contribution in [-0.4, -0.2) is 26.3 Å². The largest absolute Gasteiger partial charge is 0.493 e. The van der Waals surface area contributed by atoms with Crippen LogP contribution >= 0.6 is 0 Å². The summed E-state index contributed by atoms with van der Waals surface area (Å²) >= 11 is 0. The number of amides is 2. The van der Waals surface area contributed by atoms with Gasteiger partial charge in [0.2, 0.25) is 0 Å². The number of ether oxygens (including phenoxy) is 2. The van der Waals surface area contributed by atoms with E-state index in [1.165, 1.54) is 12.8 Å². The zero-order valence-corrected chi connectivity index (χ0v) is 15.9. The van der Waals surface area contributed by atoms with E-state index in [1.54, 1.807) is 14.2 Å². The number of nitrogens with one attached hydrogen (secondary N) is 2. The third kappa shape index (κ3) is 2.94. The molecule has 2 fully saturated rings. The summed E-state index contributed by atoms with van der Waals surface area (Å²) in [6, 6.07) is 5.84. The molecule has 25 heavy (non-hydrogen) atoms. The van der Waals surface area contributed by atoms with Gasteiger partial charge in [-0.05, 0) is 53.7 Å². The number of urea groups is 1. The Morgan fingerprint density at radius 1 is 1.20 bits per heavy atom. The molecule has 0 radical (unpaired) electrons. The number of benzene rings is 1. The van der Waals surface area contributed by atoms with Crippen LogP contribution in [0, 0.1) is 16.7 Å². The van der Waals surface area contributed by atoms with Crippen LogP contribution in [0.15, 0.2) is 18.2 Å². The van der Waals surface area contributed by atoms with Crippen LogP contribution in [0.1, 0.15) is 45.6 Å². The SMILES string of the molecule is COc1ccc(CNC(=O)N[C@H]2C[C@H]3CC[C@@]2(C)C3(C)C)cc1OC. The topological polar surface area (TPSA) is 59.6 Å². The summed E-state index contributed by atoms with van der Waals surface area (Å²) in [5.74, 6) is 2.08. The van der Waals surface area contributed by atoms with Crippen molar-refractivity contribution in [2.24, 2.45) is 16.7 Å². The Kier molecular flexibility index (Phi) is 4.60. The van der Waals surface area contributed by atoms with Crippen LogP contribution in [0.3, 0.4) is 0 Å². The van der Waals surface area contributed by atoms with E-state index in [1.807, 2.05) is 18.2 Å². The van der Waals surface area contributed by atoms with E-state index in [-0.39, 0.29) is 17.5 Å². The zero-order chi connectivity index (χ0) is 18.2. The minimum Gasteiger partial charge on any atom is -0.493 e. The Bertz CT molecular complexity index is 658. The summed E-state index contributed by atoms with van der Waals surface area (Å²) in [6.07, 6.45) is 3.58. The van der Waals surface area contributed by atoms with E-state index in [4.69, 9.17) is 9.47 Å². The maximum atomic E-state index is 12.4. The van der Waals surface area contributed by atoms with Crippen molar-refractivity contribution in [2.45, 2.75) is 52.6 Å². The molecule has 0 unspecified atom stereocenters. The average molecular weight is 346 g/mol. The maximum absolute atomic E-state index is 12.4. The molecule has 2 N–H and O–H groups in total. The second-order valence-corrected chi connectivity index (χ2v) is 8.18. The first-order valence-electron chi connectivity index (χ1n) is 9.07. The van der Waals surface area contributed by atoms with Crippen molar-refractivity contribution in [3.8, 4) is 11.5 Å². The molecule has 0 heterocycles. The number of hydrogen-bond acceptors (Lipinski definition) is 3. The highest BCUT2D eigenvalue weighted by Gasteiger charge is 2.61. The molecule has 2 aliphatic rings. The lowest BCUT2D eigenvalue weighted by atomic mass is 9.69. The van der Waals surface area contributed by atoms with Crippen molar-refractivity contribution < 1.29 is 14.3 Å². The highest BCUT2D eigenvalue weighted by Crippen LogP contribution is 2.65. The van der Waals surface area contributed by atoms with Gasteiger partial charge in [-0.3, -0.25) is 0 Å². The fourth-order valence-corrected chi connectivity index (χ4v) is 4.80. The van der Waals surface area contributed by atoms with Gasteiger partial charge in [-0.2, -0.15) is 0 Å². The van der Waals surface area contributed by atoms with Crippen LogP contribution in [0.5, 0.6) is 11.5 Å². The van der Waals surface area contributed by atoms with E-state index >= 15 is 0 Å². The molecule has 2 bridgehead atoms. The Balaban J connectivity index is 1.58. The molecule has 1 aromatic rings. The van der Waals surface area contributed by atoms with Crippen molar-refractivity contribution in [1.29, 1.82) is 0 Å². The number of methoxy groups -OCH3 is 2. The van der Waals surface area contributed by atoms with Crippen LogP contribution in [0.4, 0.5) is 4.79 Å². The summed E-state index contributed by atoms with van der Waals surface area (Å²) in [7, 11) is 3.22. The molecule has 138 valence electrons. The molecule has 0 spiro atoms. The fraction of sp³-hybridized carbons (Fsp3) is 0.650. The summed E-state index contributed by atoms with van der Waals surface area (Å²) in [5.41, 5.74) is 1.47. The van der Waals surface area contributed by atoms with Gasteiger partial charge < -0.3 is 20.1 Å². The van der Waals surface area contributed by atoms with E-state index in [9.17, 15) is 4.79 Å². The molecule has 5 nitrogen and oxygen atoms in total. The number of carbonyl (C=O) groups excluding carboxylic acids is 1. The van der Waals surface area contributed by atoms with Crippen LogP contribution in [0.2, 0.25) is 0 Å². The summed E-state index contributed by atoms with van der Waals surface area (Å²) in [6.45, 7) is 7.50. The lowest BCUT2D eigenvalue weighted by molar-refractivity contribution is 0.123. The van der Waals surface area contributed by atoms with Crippen molar-refractivity contribution in [1.82, 2.24) is 10.6 Å². The summed E-state index contributed by atoms with van der Waals surface area (Å²) in [5, 5.41) is 6.19. The first-order valence-corrected chi connectivity index (χ1v) is 9.07. The Morgan fingerprint density at radius 3 is 2.48 bits per heavy atom. The van der Waals surface area contributed by atoms with Gasteiger partial charge in [0.15, 0.2) is 11.5 Å². The first kappa shape index (κ1) is 17.9. The van der Waals surface area contributed by atoms with Gasteiger partial charge in [0.05, 0.1) is 14.2 Å². The molecule has 0 aliphatic heterocycles. The van der Waals surface area contributed by atoms with Crippen molar-refractivity contribution in [3.63, 3.8) is 0 Å². The van der Waals surface area contributed by atoms with Gasteiger partial charge in [-0.1, -0.05) is 26.8 Å². The quantitative estimate of drug-likeness (QED) is 0.854. The van der Waals surface area contributed by atoms with E-state index < -0.39 is 0 Å². The van der Waals surface area contributed by atoms with Crippen LogP contribution in [-0.2, 0) is 6.54 Å². The predicted octanol–water partition coefficient (Wildman–Crippen LogP) is 3.72. The van der Waals surface area contributed by atoms with E-state index in [2.05, 4.69) is 31.4 Å². The molecule has 0 aromatic heterocycles. The standard InChI is InChI=1S/C20H30N2O3/c1-19(2)14-8-9-20(19,3)17(11-14)22-18(23)21-12-13-6-7-15(24-4)16(10-13)25-5/h6-7,10,14,17H,8-9,11-12H2,1-5H3,(H2,21,22,23)/t14-,17+,20-/m1/s1. The molecule has 5 heteroatoms. The number of carbonyl (C=O) groups is 1. The third-order valence-electron chi connectivity index (χ3n) is 7.00. The molecule has 3 rings (SSSR count). The Hall–Kier alpha value is -1.91.